The molecule has 0 radical (unpaired) electrons. The first-order chi connectivity index (χ1) is 12.8. The molecule has 0 aromatic carbocycles. The zero-order chi connectivity index (χ0) is 17.9. The maximum atomic E-state index is 12.2. The van der Waals surface area contributed by atoms with Gasteiger partial charge in [0, 0.05) is 43.0 Å². The SMILES string of the molecule is O=Cc1cc2ccccn2c1-c1ccc(=O)n(CCN2CCOCC2)n1. The molecule has 0 aliphatic carbocycles. The van der Waals surface area contributed by atoms with Crippen LogP contribution in [0.25, 0.3) is 16.9 Å². The van der Waals surface area contributed by atoms with Gasteiger partial charge in [-0.25, -0.2) is 4.68 Å². The summed E-state index contributed by atoms with van der Waals surface area (Å²) in [5, 5.41) is 4.52. The molecule has 0 N–H and O–H groups in total. The van der Waals surface area contributed by atoms with Crippen molar-refractivity contribution < 1.29 is 9.53 Å². The number of nitrogens with zero attached hydrogens (tertiary/aromatic N) is 4. The summed E-state index contributed by atoms with van der Waals surface area (Å²) < 4.78 is 8.74. The average molecular weight is 352 g/mol. The molecule has 1 aliphatic heterocycles. The van der Waals surface area contributed by atoms with Gasteiger partial charge in [-0.2, -0.15) is 5.10 Å². The lowest BCUT2D eigenvalue weighted by Gasteiger charge is -2.26. The Hall–Kier alpha value is -2.77. The second-order valence-corrected chi connectivity index (χ2v) is 6.30. The monoisotopic (exact) mass is 352 g/mol. The lowest BCUT2D eigenvalue weighted by Crippen LogP contribution is -2.39. The molecule has 0 atom stereocenters. The first-order valence-corrected chi connectivity index (χ1v) is 8.70. The maximum absolute atomic E-state index is 12.2. The molecule has 0 spiro atoms. The van der Waals surface area contributed by atoms with Gasteiger partial charge in [0.2, 0.25) is 0 Å². The van der Waals surface area contributed by atoms with Gasteiger partial charge in [-0.1, -0.05) is 6.07 Å². The summed E-state index contributed by atoms with van der Waals surface area (Å²) in [6.07, 6.45) is 2.72. The summed E-state index contributed by atoms with van der Waals surface area (Å²) in [4.78, 5) is 26.0. The molecule has 3 aromatic heterocycles. The summed E-state index contributed by atoms with van der Waals surface area (Å²) >= 11 is 0. The summed E-state index contributed by atoms with van der Waals surface area (Å²) in [6.45, 7) is 4.43. The summed E-state index contributed by atoms with van der Waals surface area (Å²) in [7, 11) is 0. The number of carbonyl (C=O) groups is 1. The van der Waals surface area contributed by atoms with Crippen molar-refractivity contribution in [1.82, 2.24) is 19.1 Å². The number of rotatable bonds is 5. The highest BCUT2D eigenvalue weighted by Crippen LogP contribution is 2.24. The number of carbonyl (C=O) groups excluding carboxylic acids is 1. The second kappa shape index (κ2) is 7.23. The first-order valence-electron chi connectivity index (χ1n) is 8.70. The van der Waals surface area contributed by atoms with E-state index in [4.69, 9.17) is 4.74 Å². The van der Waals surface area contributed by atoms with Crippen molar-refractivity contribution in [3.05, 3.63) is 58.5 Å². The predicted octanol–water partition coefficient (Wildman–Crippen LogP) is 1.31. The Labute approximate surface area is 150 Å². The topological polar surface area (TPSA) is 68.8 Å². The summed E-state index contributed by atoms with van der Waals surface area (Å²) in [5.41, 5.74) is 2.64. The zero-order valence-electron chi connectivity index (χ0n) is 14.4. The van der Waals surface area contributed by atoms with E-state index < -0.39 is 0 Å². The number of aromatic nitrogens is 3. The van der Waals surface area contributed by atoms with Crippen LogP contribution in [-0.2, 0) is 11.3 Å². The molecule has 26 heavy (non-hydrogen) atoms. The predicted molar refractivity (Wildman–Crippen MR) is 97.5 cm³/mol. The number of ether oxygens (including phenoxy) is 1. The smallest absolute Gasteiger partial charge is 0.266 e. The summed E-state index contributed by atoms with van der Waals surface area (Å²) in [6, 6.07) is 10.8. The lowest BCUT2D eigenvalue weighted by molar-refractivity contribution is 0.0358. The van der Waals surface area contributed by atoms with Gasteiger partial charge in [0.1, 0.15) is 5.69 Å². The van der Waals surface area contributed by atoms with Crippen LogP contribution in [0.3, 0.4) is 0 Å². The highest BCUT2D eigenvalue weighted by Gasteiger charge is 2.15. The van der Waals surface area contributed by atoms with Crippen LogP contribution >= 0.6 is 0 Å². The van der Waals surface area contributed by atoms with Crippen molar-refractivity contribution in [3.8, 4) is 11.4 Å². The van der Waals surface area contributed by atoms with E-state index in [1.807, 2.05) is 34.9 Å². The second-order valence-electron chi connectivity index (χ2n) is 6.30. The third-order valence-corrected chi connectivity index (χ3v) is 4.68. The maximum Gasteiger partial charge on any atom is 0.266 e. The number of pyridine rings is 1. The van der Waals surface area contributed by atoms with E-state index in [1.165, 1.54) is 10.7 Å². The first kappa shape index (κ1) is 16.7. The van der Waals surface area contributed by atoms with Crippen LogP contribution in [0, 0.1) is 0 Å². The highest BCUT2D eigenvalue weighted by molar-refractivity contribution is 5.89. The van der Waals surface area contributed by atoms with Crippen molar-refractivity contribution in [3.63, 3.8) is 0 Å². The molecular weight excluding hydrogens is 332 g/mol. The fourth-order valence-electron chi connectivity index (χ4n) is 3.30. The Bertz CT molecular complexity index is 986. The summed E-state index contributed by atoms with van der Waals surface area (Å²) in [5.74, 6) is 0. The molecule has 1 aliphatic rings. The van der Waals surface area contributed by atoms with E-state index in [9.17, 15) is 9.59 Å². The van der Waals surface area contributed by atoms with Crippen molar-refractivity contribution in [2.24, 2.45) is 0 Å². The van der Waals surface area contributed by atoms with E-state index in [2.05, 4.69) is 10.00 Å². The molecule has 0 bridgehead atoms. The number of hydrogen-bond acceptors (Lipinski definition) is 5. The van der Waals surface area contributed by atoms with Crippen LogP contribution in [-0.4, -0.2) is 58.2 Å². The van der Waals surface area contributed by atoms with Crippen LogP contribution in [0.1, 0.15) is 10.4 Å². The minimum absolute atomic E-state index is 0.143. The van der Waals surface area contributed by atoms with Gasteiger partial charge >= 0.3 is 0 Å². The van der Waals surface area contributed by atoms with Crippen LogP contribution in [0.5, 0.6) is 0 Å². The van der Waals surface area contributed by atoms with Crippen LogP contribution in [0.2, 0.25) is 0 Å². The third kappa shape index (κ3) is 3.18. The normalized spacial score (nSPS) is 15.4. The van der Waals surface area contributed by atoms with Gasteiger partial charge in [-0.3, -0.25) is 14.5 Å². The number of fused-ring (bicyclic) bond motifs is 1. The fraction of sp³-hybridized carbons (Fsp3) is 0.316. The molecule has 3 aromatic rings. The van der Waals surface area contributed by atoms with Crippen LogP contribution in [0.15, 0.2) is 47.4 Å². The fourth-order valence-corrected chi connectivity index (χ4v) is 3.30. The van der Waals surface area contributed by atoms with Crippen LogP contribution < -0.4 is 5.56 Å². The van der Waals surface area contributed by atoms with Crippen molar-refractivity contribution >= 4 is 11.8 Å². The Morgan fingerprint density at radius 1 is 1.12 bits per heavy atom. The average Bonchev–Trinajstić information content (AvgIpc) is 3.07. The van der Waals surface area contributed by atoms with E-state index in [-0.39, 0.29) is 5.56 Å². The Kier molecular flexibility index (Phi) is 4.64. The minimum Gasteiger partial charge on any atom is -0.379 e. The molecule has 0 saturated carbocycles. The van der Waals surface area contributed by atoms with Gasteiger partial charge < -0.3 is 9.14 Å². The quantitative estimate of drug-likeness (QED) is 0.648. The molecule has 1 fully saturated rings. The van der Waals surface area contributed by atoms with E-state index in [1.54, 1.807) is 6.07 Å². The van der Waals surface area contributed by atoms with Crippen molar-refractivity contribution in [1.29, 1.82) is 0 Å². The Morgan fingerprint density at radius 3 is 2.77 bits per heavy atom. The van der Waals surface area contributed by atoms with Gasteiger partial charge in [-0.05, 0) is 24.3 Å². The molecule has 0 amide bonds. The molecule has 4 heterocycles. The molecule has 7 nitrogen and oxygen atoms in total. The number of morpholine rings is 1. The molecule has 4 rings (SSSR count). The standard InChI is InChI=1S/C19H20N4O3/c24-14-15-13-16-3-1-2-6-22(16)19(15)17-4-5-18(25)23(20-17)8-7-21-9-11-26-12-10-21/h1-6,13-14H,7-12H2. The Morgan fingerprint density at radius 2 is 1.96 bits per heavy atom. The molecule has 1 saturated heterocycles. The van der Waals surface area contributed by atoms with E-state index >= 15 is 0 Å². The lowest BCUT2D eigenvalue weighted by atomic mass is 10.2. The largest absolute Gasteiger partial charge is 0.379 e. The third-order valence-electron chi connectivity index (χ3n) is 4.68. The molecule has 134 valence electrons. The molecule has 0 unspecified atom stereocenters. The van der Waals surface area contributed by atoms with Gasteiger partial charge in [0.15, 0.2) is 6.29 Å². The Balaban J connectivity index is 1.68. The number of hydrogen-bond donors (Lipinski definition) is 0. The van der Waals surface area contributed by atoms with Crippen molar-refractivity contribution in [2.45, 2.75) is 6.54 Å². The molecule has 7 heteroatoms. The highest BCUT2D eigenvalue weighted by atomic mass is 16.5. The van der Waals surface area contributed by atoms with E-state index in [0.29, 0.717) is 23.5 Å². The minimum atomic E-state index is -0.143. The number of aldehydes is 1. The van der Waals surface area contributed by atoms with Gasteiger partial charge in [0.05, 0.1) is 25.5 Å². The van der Waals surface area contributed by atoms with E-state index in [0.717, 1.165) is 44.7 Å². The van der Waals surface area contributed by atoms with Gasteiger partial charge in [-0.15, -0.1) is 0 Å². The van der Waals surface area contributed by atoms with Crippen LogP contribution in [0.4, 0.5) is 0 Å². The van der Waals surface area contributed by atoms with Gasteiger partial charge in [0.25, 0.3) is 5.56 Å². The zero-order valence-corrected chi connectivity index (χ0v) is 14.4. The molecular formula is C19H20N4O3. The van der Waals surface area contributed by atoms with Crippen molar-refractivity contribution in [2.75, 3.05) is 32.8 Å².